The van der Waals surface area contributed by atoms with Gasteiger partial charge in [-0.3, -0.25) is 0 Å². The third kappa shape index (κ3) is 3.83. The molecule has 0 heterocycles. The molecule has 0 aliphatic heterocycles. The third-order valence-electron chi connectivity index (χ3n) is 2.21. The molecule has 0 aromatic heterocycles. The maximum atomic E-state index is 8.46. The Morgan fingerprint density at radius 3 is 2.60 bits per heavy atom. The molecule has 0 saturated carbocycles. The van der Waals surface area contributed by atoms with Crippen LogP contribution >= 0.6 is 0 Å². The Kier molecular flexibility index (Phi) is 4.37. The summed E-state index contributed by atoms with van der Waals surface area (Å²) in [6, 6.07) is 10.5. The van der Waals surface area contributed by atoms with Crippen molar-refractivity contribution < 1.29 is 0 Å². The van der Waals surface area contributed by atoms with Gasteiger partial charge < -0.3 is 0 Å². The second-order valence-corrected chi connectivity index (χ2v) is 3.42. The van der Waals surface area contributed by atoms with Crippen LogP contribution in [0.3, 0.4) is 0 Å². The number of hydrogen-bond donors (Lipinski definition) is 0. The highest BCUT2D eigenvalue weighted by Crippen LogP contribution is 2.08. The van der Waals surface area contributed by atoms with Gasteiger partial charge >= 0.3 is 0 Å². The van der Waals surface area contributed by atoms with Gasteiger partial charge in [-0.2, -0.15) is 5.26 Å². The van der Waals surface area contributed by atoms with Gasteiger partial charge in [-0.1, -0.05) is 49.9 Å². The average molecular weight is 197 g/mol. The minimum absolute atomic E-state index is 0.392. The van der Waals surface area contributed by atoms with E-state index in [0.29, 0.717) is 6.42 Å². The summed E-state index contributed by atoms with van der Waals surface area (Å²) in [7, 11) is 0. The van der Waals surface area contributed by atoms with Crippen molar-refractivity contribution in [3.8, 4) is 6.07 Å². The highest BCUT2D eigenvalue weighted by atomic mass is 14.2. The first kappa shape index (κ1) is 11.3. The predicted molar refractivity (Wildman–Crippen MR) is 64.2 cm³/mol. The molecule has 0 N–H and O–H groups in total. The molecule has 1 nitrogen and oxygen atoms in total. The summed E-state index contributed by atoms with van der Waals surface area (Å²) in [5.41, 5.74) is 3.33. The Labute approximate surface area is 91.4 Å². The molecule has 1 rings (SSSR count). The monoisotopic (exact) mass is 197 g/mol. The number of hydrogen-bond acceptors (Lipinski definition) is 1. The predicted octanol–water partition coefficient (Wildman–Crippen LogP) is 3.73. The van der Waals surface area contributed by atoms with Crippen LogP contribution in [-0.4, -0.2) is 0 Å². The summed E-state index contributed by atoms with van der Waals surface area (Å²) in [5, 5.41) is 8.46. The summed E-state index contributed by atoms with van der Waals surface area (Å²) < 4.78 is 0. The Morgan fingerprint density at radius 2 is 2.07 bits per heavy atom. The molecule has 0 radical (unpaired) electrons. The Balaban J connectivity index is 2.65. The quantitative estimate of drug-likeness (QED) is 0.675. The molecule has 1 aromatic carbocycles. The number of nitrogens with zero attached hydrogens (tertiary/aromatic N) is 1. The molecule has 1 aromatic rings. The van der Waals surface area contributed by atoms with Gasteiger partial charge in [0.25, 0.3) is 0 Å². The normalized spacial score (nSPS) is 10.1. The van der Waals surface area contributed by atoms with E-state index in [9.17, 15) is 0 Å². The third-order valence-corrected chi connectivity index (χ3v) is 2.21. The molecule has 0 fully saturated rings. The molecule has 0 spiro atoms. The molecule has 0 aliphatic rings. The van der Waals surface area contributed by atoms with Crippen LogP contribution in [0.4, 0.5) is 0 Å². The zero-order chi connectivity index (χ0) is 11.1. The van der Waals surface area contributed by atoms with E-state index in [2.05, 4.69) is 43.8 Å². The van der Waals surface area contributed by atoms with Gasteiger partial charge in [-0.05, 0) is 23.1 Å². The van der Waals surface area contributed by atoms with Crippen LogP contribution in [-0.2, 0) is 6.42 Å². The first-order valence-electron chi connectivity index (χ1n) is 5.08. The summed E-state index contributed by atoms with van der Waals surface area (Å²) in [5.74, 6) is 0. The van der Waals surface area contributed by atoms with Crippen molar-refractivity contribution in [2.24, 2.45) is 0 Å². The lowest BCUT2D eigenvalue weighted by atomic mass is 10.1. The van der Waals surface area contributed by atoms with E-state index in [-0.39, 0.29) is 0 Å². The summed E-state index contributed by atoms with van der Waals surface area (Å²) in [6.07, 6.45) is 5.33. The van der Waals surface area contributed by atoms with Gasteiger partial charge in [-0.15, -0.1) is 0 Å². The highest BCUT2D eigenvalue weighted by molar-refractivity contribution is 5.53. The van der Waals surface area contributed by atoms with E-state index in [1.165, 1.54) is 5.56 Å². The van der Waals surface area contributed by atoms with Crippen molar-refractivity contribution in [1.82, 2.24) is 0 Å². The molecule has 1 heteroatoms. The molecule has 0 aliphatic carbocycles. The number of benzene rings is 1. The van der Waals surface area contributed by atoms with Crippen LogP contribution in [0.15, 0.2) is 42.5 Å². The van der Waals surface area contributed by atoms with E-state index < -0.39 is 0 Å². The molecule has 0 unspecified atom stereocenters. The average Bonchev–Trinajstić information content (AvgIpc) is 2.27. The molecule has 0 bridgehead atoms. The van der Waals surface area contributed by atoms with Crippen LogP contribution in [0.25, 0.3) is 6.08 Å². The van der Waals surface area contributed by atoms with Gasteiger partial charge in [0.2, 0.25) is 0 Å². The minimum atomic E-state index is 0.392. The van der Waals surface area contributed by atoms with Crippen LogP contribution in [0.1, 0.15) is 24.5 Å². The van der Waals surface area contributed by atoms with Gasteiger partial charge in [0.05, 0.1) is 12.5 Å². The van der Waals surface area contributed by atoms with Crippen LogP contribution in [0.5, 0.6) is 0 Å². The number of allylic oxidation sites excluding steroid dienone is 2. The van der Waals surface area contributed by atoms with Crippen LogP contribution in [0, 0.1) is 11.3 Å². The summed E-state index contributed by atoms with van der Waals surface area (Å²) in [4.78, 5) is 0. The van der Waals surface area contributed by atoms with Gasteiger partial charge in [0.15, 0.2) is 0 Å². The van der Waals surface area contributed by atoms with Crippen molar-refractivity contribution in [1.29, 1.82) is 5.26 Å². The van der Waals surface area contributed by atoms with Gasteiger partial charge in [-0.25, -0.2) is 0 Å². The van der Waals surface area contributed by atoms with E-state index in [0.717, 1.165) is 17.6 Å². The Hall–Kier alpha value is -1.81. The zero-order valence-electron chi connectivity index (χ0n) is 9.03. The second-order valence-electron chi connectivity index (χ2n) is 3.42. The maximum Gasteiger partial charge on any atom is 0.0669 e. The lowest BCUT2D eigenvalue weighted by Crippen LogP contribution is -1.79. The van der Waals surface area contributed by atoms with Crippen molar-refractivity contribution in [3.05, 3.63) is 53.6 Å². The number of aryl methyl sites for hydroxylation is 1. The largest absolute Gasteiger partial charge is 0.198 e. The van der Waals surface area contributed by atoms with E-state index in [4.69, 9.17) is 5.26 Å². The lowest BCUT2D eigenvalue weighted by molar-refractivity contribution is 1.14. The van der Waals surface area contributed by atoms with E-state index in [1.54, 1.807) is 0 Å². The Bertz CT molecular complexity index is 390. The standard InChI is InChI=1S/C14H15N/c1-3-13-6-8-14(9-7-13)5-4-12(2)10-11-15/h4-9H,2-3,10H2,1H3/b5-4+. The van der Waals surface area contributed by atoms with Crippen LogP contribution in [0.2, 0.25) is 0 Å². The fourth-order valence-corrected chi connectivity index (χ4v) is 1.24. The second kappa shape index (κ2) is 5.82. The van der Waals surface area contributed by atoms with Crippen LogP contribution < -0.4 is 0 Å². The van der Waals surface area contributed by atoms with Gasteiger partial charge in [0, 0.05) is 0 Å². The number of rotatable bonds is 4. The number of nitriles is 1. The molecular formula is C14H15N. The fraction of sp³-hybridized carbons (Fsp3) is 0.214. The molecular weight excluding hydrogens is 182 g/mol. The van der Waals surface area contributed by atoms with E-state index in [1.807, 2.05) is 12.2 Å². The van der Waals surface area contributed by atoms with Crippen molar-refractivity contribution >= 4 is 6.08 Å². The van der Waals surface area contributed by atoms with Crippen molar-refractivity contribution in [2.75, 3.05) is 0 Å². The minimum Gasteiger partial charge on any atom is -0.198 e. The summed E-state index contributed by atoms with van der Waals surface area (Å²) >= 11 is 0. The smallest absolute Gasteiger partial charge is 0.0669 e. The SMILES string of the molecule is C=C(/C=C/c1ccc(CC)cc1)CC#N. The molecule has 0 atom stereocenters. The highest BCUT2D eigenvalue weighted by Gasteiger charge is 1.90. The first-order valence-corrected chi connectivity index (χ1v) is 5.08. The van der Waals surface area contributed by atoms with Crippen molar-refractivity contribution in [2.45, 2.75) is 19.8 Å². The topological polar surface area (TPSA) is 23.8 Å². The molecule has 76 valence electrons. The molecule has 0 amide bonds. The fourth-order valence-electron chi connectivity index (χ4n) is 1.24. The molecule has 0 saturated heterocycles. The van der Waals surface area contributed by atoms with Gasteiger partial charge in [0.1, 0.15) is 0 Å². The Morgan fingerprint density at radius 1 is 1.40 bits per heavy atom. The first-order chi connectivity index (χ1) is 7.26. The zero-order valence-corrected chi connectivity index (χ0v) is 9.03. The lowest BCUT2D eigenvalue weighted by Gasteiger charge is -1.97. The molecule has 15 heavy (non-hydrogen) atoms. The van der Waals surface area contributed by atoms with Crippen molar-refractivity contribution in [3.63, 3.8) is 0 Å². The summed E-state index contributed by atoms with van der Waals surface area (Å²) in [6.45, 7) is 5.92. The van der Waals surface area contributed by atoms with E-state index >= 15 is 0 Å². The maximum absolute atomic E-state index is 8.46.